The molecule has 1 aliphatic rings. The SMILES string of the molecule is C/C=C(CN(C=O)c1cc(NC(=O)c2cccc(C(F)(F)F)c2)ccc1C)\C(=N/C(C)Nc1cccc(CCN2CCNCC2)c1)N(C)C. The summed E-state index contributed by atoms with van der Waals surface area (Å²) in [5, 5.41) is 9.54. The highest BCUT2D eigenvalue weighted by Crippen LogP contribution is 2.30. The van der Waals surface area contributed by atoms with Gasteiger partial charge in [-0.3, -0.25) is 9.59 Å². The van der Waals surface area contributed by atoms with Crippen molar-refractivity contribution in [3.05, 3.63) is 101 Å². The highest BCUT2D eigenvalue weighted by molar-refractivity contribution is 6.05. The molecular weight excluding hydrogens is 631 g/mol. The first-order chi connectivity index (χ1) is 23.4. The van der Waals surface area contributed by atoms with Crippen LogP contribution < -0.4 is 20.9 Å². The van der Waals surface area contributed by atoms with Gasteiger partial charge in [0.1, 0.15) is 12.0 Å². The molecule has 3 aromatic rings. The summed E-state index contributed by atoms with van der Waals surface area (Å²) in [5.74, 6) is -0.00262. The summed E-state index contributed by atoms with van der Waals surface area (Å²) in [6.07, 6.45) is -1.26. The van der Waals surface area contributed by atoms with Crippen LogP contribution >= 0.6 is 0 Å². The molecule has 49 heavy (non-hydrogen) atoms. The predicted octanol–water partition coefficient (Wildman–Crippen LogP) is 6.04. The number of nitrogens with zero attached hydrogens (tertiary/aromatic N) is 4. The molecule has 2 amide bonds. The van der Waals surface area contributed by atoms with Gasteiger partial charge in [-0.1, -0.05) is 30.3 Å². The van der Waals surface area contributed by atoms with Gasteiger partial charge in [0.15, 0.2) is 0 Å². The molecule has 1 saturated heterocycles. The van der Waals surface area contributed by atoms with Gasteiger partial charge in [-0.15, -0.1) is 0 Å². The third kappa shape index (κ3) is 10.7. The van der Waals surface area contributed by atoms with E-state index in [0.717, 1.165) is 68.1 Å². The lowest BCUT2D eigenvalue weighted by molar-refractivity contribution is -0.137. The van der Waals surface area contributed by atoms with Gasteiger partial charge in [-0.05, 0) is 80.8 Å². The quantitative estimate of drug-likeness (QED) is 0.116. The highest BCUT2D eigenvalue weighted by atomic mass is 19.4. The summed E-state index contributed by atoms with van der Waals surface area (Å²) in [6.45, 7) is 11.1. The summed E-state index contributed by atoms with van der Waals surface area (Å²) >= 11 is 0. The van der Waals surface area contributed by atoms with Crippen LogP contribution in [0.5, 0.6) is 0 Å². The van der Waals surface area contributed by atoms with E-state index in [1.54, 1.807) is 18.2 Å². The number of aryl methyl sites for hydroxylation is 1. The summed E-state index contributed by atoms with van der Waals surface area (Å²) in [4.78, 5) is 36.2. The Balaban J connectivity index is 1.46. The Morgan fingerprint density at radius 1 is 1.04 bits per heavy atom. The van der Waals surface area contributed by atoms with E-state index in [1.165, 1.54) is 22.6 Å². The van der Waals surface area contributed by atoms with Crippen molar-refractivity contribution in [3.63, 3.8) is 0 Å². The molecular formula is C37H46F3N7O2. The third-order valence-corrected chi connectivity index (χ3v) is 8.30. The van der Waals surface area contributed by atoms with Crippen LogP contribution in [0, 0.1) is 6.92 Å². The Morgan fingerprint density at radius 3 is 2.45 bits per heavy atom. The van der Waals surface area contributed by atoms with Crippen molar-refractivity contribution < 1.29 is 22.8 Å². The van der Waals surface area contributed by atoms with Gasteiger partial charge in [0, 0.05) is 75.0 Å². The molecule has 1 atom stereocenters. The van der Waals surface area contributed by atoms with Gasteiger partial charge in [-0.2, -0.15) is 13.2 Å². The summed E-state index contributed by atoms with van der Waals surface area (Å²) < 4.78 is 39.6. The largest absolute Gasteiger partial charge is 0.416 e. The number of alkyl halides is 3. The average Bonchev–Trinajstić information content (AvgIpc) is 3.08. The van der Waals surface area contributed by atoms with Crippen molar-refractivity contribution in [2.24, 2.45) is 4.99 Å². The number of anilines is 3. The van der Waals surface area contributed by atoms with Crippen LogP contribution in [-0.4, -0.2) is 87.5 Å². The number of piperazine rings is 1. The van der Waals surface area contributed by atoms with E-state index >= 15 is 0 Å². The molecule has 12 heteroatoms. The standard InChI is InChI=1S/C37H46F3N7O2/c1-6-29(35(45(4)5)43-27(3)42-32-12-7-9-28(21-32)15-18-46-19-16-41-17-20-46)24-47(25-48)34-23-33(14-13-26(34)2)44-36(49)30-10-8-11-31(22-30)37(38,39)40/h6-14,21-23,25,27,41-42H,15-20,24H2,1-5H3,(H,44,49)/b29-6-,43-35+. The first-order valence-electron chi connectivity index (χ1n) is 16.4. The lowest BCUT2D eigenvalue weighted by Gasteiger charge is -2.27. The Kier molecular flexibility index (Phi) is 13.0. The number of carbonyl (C=O) groups is 2. The second-order valence-corrected chi connectivity index (χ2v) is 12.3. The fraction of sp³-hybridized carbons (Fsp3) is 0.378. The van der Waals surface area contributed by atoms with E-state index < -0.39 is 17.6 Å². The Bertz CT molecular complexity index is 1650. The summed E-state index contributed by atoms with van der Waals surface area (Å²) in [7, 11) is 3.79. The summed E-state index contributed by atoms with van der Waals surface area (Å²) in [6, 6.07) is 17.6. The van der Waals surface area contributed by atoms with E-state index in [2.05, 4.69) is 39.0 Å². The third-order valence-electron chi connectivity index (χ3n) is 8.30. The highest BCUT2D eigenvalue weighted by Gasteiger charge is 2.31. The number of nitrogens with one attached hydrogen (secondary N) is 3. The second kappa shape index (κ2) is 17.1. The van der Waals surface area contributed by atoms with Crippen molar-refractivity contribution >= 4 is 35.2 Å². The zero-order valence-corrected chi connectivity index (χ0v) is 28.8. The Morgan fingerprint density at radius 2 is 1.78 bits per heavy atom. The number of hydrogen-bond donors (Lipinski definition) is 3. The Labute approximate surface area is 286 Å². The molecule has 0 spiro atoms. The number of amidine groups is 1. The van der Waals surface area contributed by atoms with Crippen LogP contribution in [0.4, 0.5) is 30.2 Å². The number of aliphatic imine (C=N–C) groups is 1. The van der Waals surface area contributed by atoms with Crippen molar-refractivity contribution in [3.8, 4) is 0 Å². The zero-order valence-electron chi connectivity index (χ0n) is 28.8. The van der Waals surface area contributed by atoms with E-state index in [4.69, 9.17) is 4.99 Å². The molecule has 1 aliphatic heterocycles. The maximum atomic E-state index is 13.2. The summed E-state index contributed by atoms with van der Waals surface area (Å²) in [5.41, 5.74) is 3.65. The van der Waals surface area contributed by atoms with Crippen LogP contribution in [0.2, 0.25) is 0 Å². The minimum absolute atomic E-state index is 0.128. The van der Waals surface area contributed by atoms with E-state index in [0.29, 0.717) is 23.6 Å². The molecule has 1 fully saturated rings. The number of allylic oxidation sites excluding steroid dienone is 1. The first kappa shape index (κ1) is 37.1. The number of likely N-dealkylation sites (N-methyl/N-ethyl adjacent to an activating group) is 1. The molecule has 4 rings (SSSR count). The van der Waals surface area contributed by atoms with Crippen molar-refractivity contribution in [2.75, 3.05) is 68.9 Å². The number of hydrogen-bond acceptors (Lipinski definition) is 6. The molecule has 0 aliphatic carbocycles. The number of benzene rings is 3. The van der Waals surface area contributed by atoms with Gasteiger partial charge in [0.2, 0.25) is 6.41 Å². The molecule has 0 bridgehead atoms. The normalized spacial score (nSPS) is 15.0. The minimum Gasteiger partial charge on any atom is -0.364 e. The second-order valence-electron chi connectivity index (χ2n) is 12.3. The number of rotatable bonds is 13. The van der Waals surface area contributed by atoms with Gasteiger partial charge in [0.25, 0.3) is 5.91 Å². The number of halogens is 3. The van der Waals surface area contributed by atoms with Gasteiger partial charge < -0.3 is 30.7 Å². The molecule has 1 unspecified atom stereocenters. The van der Waals surface area contributed by atoms with Crippen molar-refractivity contribution in [2.45, 2.75) is 39.5 Å². The monoisotopic (exact) mass is 677 g/mol. The Hall–Kier alpha value is -4.68. The molecule has 3 N–H and O–H groups in total. The number of amides is 2. The fourth-order valence-corrected chi connectivity index (χ4v) is 5.67. The lowest BCUT2D eigenvalue weighted by atomic mass is 10.1. The molecule has 9 nitrogen and oxygen atoms in total. The molecule has 0 aromatic heterocycles. The van der Waals surface area contributed by atoms with Crippen molar-refractivity contribution in [1.29, 1.82) is 0 Å². The van der Waals surface area contributed by atoms with Gasteiger partial charge >= 0.3 is 6.18 Å². The average molecular weight is 678 g/mol. The number of carbonyl (C=O) groups excluding carboxylic acids is 2. The molecule has 262 valence electrons. The molecule has 3 aromatic carbocycles. The van der Waals surface area contributed by atoms with Gasteiger partial charge in [0.05, 0.1) is 12.1 Å². The smallest absolute Gasteiger partial charge is 0.364 e. The molecule has 0 saturated carbocycles. The van der Waals surface area contributed by atoms with E-state index in [-0.39, 0.29) is 18.3 Å². The zero-order chi connectivity index (χ0) is 35.6. The maximum absolute atomic E-state index is 13.2. The maximum Gasteiger partial charge on any atom is 0.416 e. The van der Waals surface area contributed by atoms with E-state index in [1.807, 2.05) is 51.9 Å². The van der Waals surface area contributed by atoms with Crippen LogP contribution in [0.15, 0.2) is 83.4 Å². The topological polar surface area (TPSA) is 92.3 Å². The molecule has 1 heterocycles. The lowest BCUT2D eigenvalue weighted by Crippen LogP contribution is -2.44. The van der Waals surface area contributed by atoms with Crippen LogP contribution in [0.25, 0.3) is 0 Å². The van der Waals surface area contributed by atoms with Crippen LogP contribution in [0.3, 0.4) is 0 Å². The van der Waals surface area contributed by atoms with Crippen LogP contribution in [0.1, 0.15) is 40.9 Å². The van der Waals surface area contributed by atoms with Gasteiger partial charge in [-0.25, -0.2) is 4.99 Å². The van der Waals surface area contributed by atoms with Crippen molar-refractivity contribution in [1.82, 2.24) is 15.1 Å². The predicted molar refractivity (Wildman–Crippen MR) is 191 cm³/mol. The minimum atomic E-state index is -4.57. The first-order valence-corrected chi connectivity index (χ1v) is 16.4. The van der Waals surface area contributed by atoms with Crippen LogP contribution in [-0.2, 0) is 17.4 Å². The molecule has 0 radical (unpaired) electrons. The fourth-order valence-electron chi connectivity index (χ4n) is 5.67. The van der Waals surface area contributed by atoms with E-state index in [9.17, 15) is 22.8 Å².